The maximum absolute atomic E-state index is 12.7. The number of nitrogens with one attached hydrogen (secondary N) is 2. The molecule has 1 fully saturated rings. The summed E-state index contributed by atoms with van der Waals surface area (Å²) in [5.74, 6) is -0.0587. The molecule has 0 radical (unpaired) electrons. The first-order valence-corrected chi connectivity index (χ1v) is 13.6. The molecule has 2 N–H and O–H groups in total. The van der Waals surface area contributed by atoms with Crippen molar-refractivity contribution < 1.29 is 17.6 Å². The molecule has 3 aromatic rings. The minimum Gasteiger partial charge on any atom is -0.451 e. The molecule has 0 bridgehead atoms. The van der Waals surface area contributed by atoms with Crippen LogP contribution in [0, 0.1) is 0 Å². The first-order chi connectivity index (χ1) is 16.6. The van der Waals surface area contributed by atoms with Crippen molar-refractivity contribution in [2.75, 3.05) is 42.7 Å². The van der Waals surface area contributed by atoms with Crippen LogP contribution < -0.4 is 15.5 Å². The van der Waals surface area contributed by atoms with Crippen molar-refractivity contribution in [3.8, 4) is 11.3 Å². The van der Waals surface area contributed by atoms with E-state index < -0.39 is 15.9 Å². The summed E-state index contributed by atoms with van der Waals surface area (Å²) < 4.78 is 30.7. The number of hydrogen-bond donors (Lipinski definition) is 2. The summed E-state index contributed by atoms with van der Waals surface area (Å²) in [4.78, 5) is 14.8. The van der Waals surface area contributed by atoms with Gasteiger partial charge in [-0.05, 0) is 54.7 Å². The summed E-state index contributed by atoms with van der Waals surface area (Å²) in [5.41, 5.74) is 2.12. The highest BCUT2D eigenvalue weighted by Crippen LogP contribution is 2.32. The molecule has 1 aromatic heterocycles. The van der Waals surface area contributed by atoms with Gasteiger partial charge in [0, 0.05) is 36.8 Å². The second-order valence-corrected chi connectivity index (χ2v) is 11.1. The molecule has 4 rings (SSSR count). The lowest BCUT2D eigenvalue weighted by molar-refractivity contribution is 0.0951. The summed E-state index contributed by atoms with van der Waals surface area (Å²) in [6.45, 7) is 1.86. The van der Waals surface area contributed by atoms with Crippen LogP contribution in [0.2, 0.25) is 10.0 Å². The van der Waals surface area contributed by atoms with E-state index in [-0.39, 0.29) is 10.9 Å². The Morgan fingerprint density at radius 2 is 1.74 bits per heavy atom. The highest BCUT2D eigenvalue weighted by molar-refractivity contribution is 7.88. The Labute approximate surface area is 218 Å². The molecule has 184 valence electrons. The second-order valence-electron chi connectivity index (χ2n) is 7.86. The van der Waals surface area contributed by atoms with Gasteiger partial charge in [-0.1, -0.05) is 35.3 Å². The van der Waals surface area contributed by atoms with E-state index in [1.165, 1.54) is 16.6 Å². The van der Waals surface area contributed by atoms with Gasteiger partial charge in [0.2, 0.25) is 10.0 Å². The van der Waals surface area contributed by atoms with Gasteiger partial charge in [-0.2, -0.15) is 4.31 Å². The number of amides is 1. The number of furan rings is 1. The molecule has 1 saturated heterocycles. The van der Waals surface area contributed by atoms with Gasteiger partial charge in [0.05, 0.1) is 22.7 Å². The van der Waals surface area contributed by atoms with Crippen LogP contribution in [0.15, 0.2) is 59.0 Å². The summed E-state index contributed by atoms with van der Waals surface area (Å²) in [7, 11) is -3.22. The van der Waals surface area contributed by atoms with Crippen LogP contribution in [0.1, 0.15) is 10.6 Å². The molecular weight excluding hydrogens is 531 g/mol. The van der Waals surface area contributed by atoms with E-state index in [9.17, 15) is 13.2 Å². The number of rotatable bonds is 5. The normalized spacial score (nSPS) is 14.5. The van der Waals surface area contributed by atoms with E-state index in [1.807, 2.05) is 24.3 Å². The minimum absolute atomic E-state index is 0.0605. The van der Waals surface area contributed by atoms with Crippen molar-refractivity contribution in [3.63, 3.8) is 0 Å². The van der Waals surface area contributed by atoms with Gasteiger partial charge in [0.15, 0.2) is 10.9 Å². The highest BCUT2D eigenvalue weighted by atomic mass is 35.5. The van der Waals surface area contributed by atoms with Crippen molar-refractivity contribution in [1.82, 2.24) is 9.62 Å². The molecule has 0 saturated carbocycles. The lowest BCUT2D eigenvalue weighted by Crippen LogP contribution is -2.48. The van der Waals surface area contributed by atoms with Crippen LogP contribution >= 0.6 is 35.4 Å². The van der Waals surface area contributed by atoms with Gasteiger partial charge >= 0.3 is 0 Å². The predicted molar refractivity (Wildman–Crippen MR) is 143 cm³/mol. The molecule has 2 heterocycles. The molecule has 1 aliphatic rings. The minimum atomic E-state index is -3.22. The molecule has 0 spiro atoms. The van der Waals surface area contributed by atoms with Gasteiger partial charge in [0.25, 0.3) is 5.91 Å². The SMILES string of the molecule is CS(=O)(=O)N1CCN(c2ccccc2NC(=S)NC(=O)c2ccc(-c3cc(Cl)ccc3Cl)o2)CC1. The quantitative estimate of drug-likeness (QED) is 0.451. The van der Waals surface area contributed by atoms with Crippen molar-refractivity contribution in [1.29, 1.82) is 0 Å². The van der Waals surface area contributed by atoms with Crippen molar-refractivity contribution >= 4 is 67.8 Å². The zero-order valence-corrected chi connectivity index (χ0v) is 21.8. The number of carbonyl (C=O) groups is 1. The summed E-state index contributed by atoms with van der Waals surface area (Å²) in [6, 6.07) is 15.6. The molecule has 0 aliphatic carbocycles. The van der Waals surface area contributed by atoms with Gasteiger partial charge in [-0.3, -0.25) is 10.1 Å². The van der Waals surface area contributed by atoms with Gasteiger partial charge < -0.3 is 14.6 Å². The lowest BCUT2D eigenvalue weighted by atomic mass is 10.2. The van der Waals surface area contributed by atoms with Crippen LogP contribution in [0.4, 0.5) is 11.4 Å². The number of benzene rings is 2. The molecular formula is C23H22Cl2N4O4S2. The number of carbonyl (C=O) groups excluding carboxylic acids is 1. The molecule has 1 aliphatic heterocycles. The third-order valence-corrected chi connectivity index (χ3v) is 7.52. The summed E-state index contributed by atoms with van der Waals surface area (Å²) in [6.07, 6.45) is 1.21. The van der Waals surface area contributed by atoms with Crippen LogP contribution in [0.3, 0.4) is 0 Å². The van der Waals surface area contributed by atoms with E-state index in [0.29, 0.717) is 53.2 Å². The van der Waals surface area contributed by atoms with E-state index in [2.05, 4.69) is 15.5 Å². The number of para-hydroxylation sites is 2. The fourth-order valence-corrected chi connectivity index (χ4v) is 5.14. The molecule has 35 heavy (non-hydrogen) atoms. The number of thiocarbonyl (C=S) groups is 1. The number of anilines is 2. The van der Waals surface area contributed by atoms with Crippen LogP contribution in [-0.4, -0.2) is 56.2 Å². The molecule has 12 heteroatoms. The third kappa shape index (κ3) is 6.14. The Kier molecular flexibility index (Phi) is 7.67. The Morgan fingerprint density at radius 3 is 2.46 bits per heavy atom. The molecule has 2 aromatic carbocycles. The van der Waals surface area contributed by atoms with Crippen molar-refractivity contribution in [2.24, 2.45) is 0 Å². The Bertz CT molecular complexity index is 1370. The maximum atomic E-state index is 12.7. The van der Waals surface area contributed by atoms with E-state index in [0.717, 1.165) is 5.69 Å². The summed E-state index contributed by atoms with van der Waals surface area (Å²) >= 11 is 17.6. The lowest BCUT2D eigenvalue weighted by Gasteiger charge is -2.35. The molecule has 1 amide bonds. The van der Waals surface area contributed by atoms with E-state index >= 15 is 0 Å². The average molecular weight is 553 g/mol. The first-order valence-electron chi connectivity index (χ1n) is 10.6. The second kappa shape index (κ2) is 10.5. The van der Waals surface area contributed by atoms with Gasteiger partial charge in [-0.15, -0.1) is 0 Å². The fourth-order valence-electron chi connectivity index (χ4n) is 3.73. The fraction of sp³-hybridized carbons (Fsp3) is 0.217. The zero-order chi connectivity index (χ0) is 25.2. The first kappa shape index (κ1) is 25.5. The molecule has 0 atom stereocenters. The van der Waals surface area contributed by atoms with Crippen LogP contribution in [-0.2, 0) is 10.0 Å². The number of piperazine rings is 1. The van der Waals surface area contributed by atoms with Gasteiger partial charge in [-0.25, -0.2) is 8.42 Å². The number of halogens is 2. The van der Waals surface area contributed by atoms with E-state index in [4.69, 9.17) is 39.8 Å². The Hall–Kier alpha value is -2.63. The van der Waals surface area contributed by atoms with Crippen molar-refractivity contribution in [2.45, 2.75) is 0 Å². The smallest absolute Gasteiger partial charge is 0.293 e. The average Bonchev–Trinajstić information content (AvgIpc) is 3.31. The topological polar surface area (TPSA) is 94.9 Å². The standard InChI is InChI=1S/C23H22Cl2N4O4S2/c1-35(31,32)29-12-10-28(11-13-29)19-5-3-2-4-18(19)26-23(34)27-22(30)21-9-8-20(33-21)16-14-15(24)6-7-17(16)25/h2-9,14H,10-13H2,1H3,(H2,26,27,30,34). The maximum Gasteiger partial charge on any atom is 0.293 e. The Morgan fingerprint density at radius 1 is 1.03 bits per heavy atom. The zero-order valence-electron chi connectivity index (χ0n) is 18.6. The predicted octanol–water partition coefficient (Wildman–Crippen LogP) is 4.46. The number of nitrogens with zero attached hydrogens (tertiary/aromatic N) is 2. The van der Waals surface area contributed by atoms with Gasteiger partial charge in [0.1, 0.15) is 5.76 Å². The monoisotopic (exact) mass is 552 g/mol. The highest BCUT2D eigenvalue weighted by Gasteiger charge is 2.25. The molecule has 8 nitrogen and oxygen atoms in total. The number of hydrogen-bond acceptors (Lipinski definition) is 6. The Balaban J connectivity index is 1.41. The van der Waals surface area contributed by atoms with Crippen LogP contribution in [0.5, 0.6) is 0 Å². The van der Waals surface area contributed by atoms with Crippen LogP contribution in [0.25, 0.3) is 11.3 Å². The third-order valence-electron chi connectivity index (χ3n) is 5.45. The summed E-state index contributed by atoms with van der Waals surface area (Å²) in [5, 5.41) is 6.70. The molecule has 0 unspecified atom stereocenters. The van der Waals surface area contributed by atoms with E-state index in [1.54, 1.807) is 24.3 Å². The number of sulfonamides is 1. The van der Waals surface area contributed by atoms with Crippen molar-refractivity contribution in [3.05, 3.63) is 70.4 Å². The largest absolute Gasteiger partial charge is 0.451 e.